The average Bonchev–Trinajstić information content (AvgIpc) is 3.00. The third-order valence-electron chi connectivity index (χ3n) is 3.01. The molecular formula is C16H10S2Se. The van der Waals surface area contributed by atoms with Crippen LogP contribution in [0.4, 0.5) is 0 Å². The first-order valence-electron chi connectivity index (χ1n) is 6.03. The van der Waals surface area contributed by atoms with Gasteiger partial charge in [0, 0.05) is 0 Å². The van der Waals surface area contributed by atoms with Crippen molar-refractivity contribution in [1.29, 1.82) is 0 Å². The Kier molecular flexibility index (Phi) is 2.93. The van der Waals surface area contributed by atoms with Crippen molar-refractivity contribution >= 4 is 65.4 Å². The average molecular weight is 345 g/mol. The summed E-state index contributed by atoms with van der Waals surface area (Å²) in [6, 6.07) is 22.0. The molecule has 0 saturated heterocycles. The van der Waals surface area contributed by atoms with Crippen LogP contribution in [0.2, 0.25) is 0 Å². The molecule has 0 aliphatic rings. The van der Waals surface area contributed by atoms with Crippen molar-refractivity contribution in [3.8, 4) is 0 Å². The summed E-state index contributed by atoms with van der Waals surface area (Å²) in [5, 5.41) is 2.76. The van der Waals surface area contributed by atoms with Gasteiger partial charge in [-0.2, -0.15) is 0 Å². The standard InChI is InChI=1S/C16H10S2Se/c1-3-7-13-11(5-1)9-15(17-13)19-16-10-12-6-2-4-8-14(12)18-16/h1-10H. The number of benzene rings is 2. The molecule has 92 valence electrons. The Morgan fingerprint density at radius 2 is 1.11 bits per heavy atom. The third-order valence-corrected chi connectivity index (χ3v) is 8.08. The second kappa shape index (κ2) is 4.77. The van der Waals surface area contributed by atoms with Gasteiger partial charge in [0.1, 0.15) is 0 Å². The van der Waals surface area contributed by atoms with Crippen LogP contribution in [0.3, 0.4) is 0 Å². The molecule has 4 rings (SSSR count). The molecule has 0 bridgehead atoms. The first kappa shape index (κ1) is 11.7. The van der Waals surface area contributed by atoms with E-state index in [9.17, 15) is 0 Å². The van der Waals surface area contributed by atoms with Crippen molar-refractivity contribution in [2.45, 2.75) is 0 Å². The van der Waals surface area contributed by atoms with Gasteiger partial charge >= 0.3 is 126 Å². The van der Waals surface area contributed by atoms with Crippen LogP contribution < -0.4 is 7.55 Å². The van der Waals surface area contributed by atoms with E-state index in [2.05, 4.69) is 60.7 Å². The van der Waals surface area contributed by atoms with Gasteiger partial charge < -0.3 is 0 Å². The van der Waals surface area contributed by atoms with Crippen LogP contribution in [-0.4, -0.2) is 15.0 Å². The molecule has 2 aromatic heterocycles. The fourth-order valence-corrected chi connectivity index (χ4v) is 7.84. The maximum absolute atomic E-state index is 2.35. The Balaban J connectivity index is 1.73. The Hall–Kier alpha value is -1.12. The van der Waals surface area contributed by atoms with Crippen molar-refractivity contribution in [3.05, 3.63) is 60.7 Å². The summed E-state index contributed by atoms with van der Waals surface area (Å²) in [5.41, 5.74) is 0. The van der Waals surface area contributed by atoms with E-state index in [1.807, 2.05) is 22.7 Å². The number of thiophene rings is 2. The second-order valence-corrected chi connectivity index (χ2v) is 9.92. The summed E-state index contributed by atoms with van der Waals surface area (Å²) >= 11 is 4.31. The Labute approximate surface area is 125 Å². The van der Waals surface area contributed by atoms with E-state index in [4.69, 9.17) is 0 Å². The third kappa shape index (κ3) is 2.24. The van der Waals surface area contributed by atoms with Crippen molar-refractivity contribution < 1.29 is 0 Å². The van der Waals surface area contributed by atoms with Gasteiger partial charge in [-0.3, -0.25) is 0 Å². The van der Waals surface area contributed by atoms with E-state index in [0.29, 0.717) is 15.0 Å². The molecule has 0 aliphatic carbocycles. The zero-order valence-corrected chi connectivity index (χ0v) is 13.3. The molecule has 0 atom stereocenters. The van der Waals surface area contributed by atoms with Gasteiger partial charge in [-0.15, -0.1) is 0 Å². The zero-order chi connectivity index (χ0) is 12.7. The summed E-state index contributed by atoms with van der Waals surface area (Å²) in [6.45, 7) is 0. The fraction of sp³-hybridized carbons (Fsp3) is 0. The summed E-state index contributed by atoms with van der Waals surface area (Å²) in [5.74, 6) is 0. The van der Waals surface area contributed by atoms with Crippen LogP contribution in [0, 0.1) is 0 Å². The number of fused-ring (bicyclic) bond motifs is 2. The van der Waals surface area contributed by atoms with Gasteiger partial charge in [-0.05, 0) is 0 Å². The molecule has 0 aliphatic heterocycles. The van der Waals surface area contributed by atoms with Crippen molar-refractivity contribution in [1.82, 2.24) is 0 Å². The molecule has 0 radical (unpaired) electrons. The zero-order valence-electron chi connectivity index (χ0n) is 10.00. The number of rotatable bonds is 2. The molecule has 0 nitrogen and oxygen atoms in total. The molecule has 0 amide bonds. The number of hydrogen-bond donors (Lipinski definition) is 0. The Morgan fingerprint density at radius 3 is 1.58 bits per heavy atom. The first-order chi connectivity index (χ1) is 9.38. The molecule has 0 N–H and O–H groups in total. The normalized spacial score (nSPS) is 11.4. The molecule has 3 heteroatoms. The Bertz CT molecular complexity index is 719. The van der Waals surface area contributed by atoms with Crippen LogP contribution >= 0.6 is 22.7 Å². The number of hydrogen-bond acceptors (Lipinski definition) is 2. The molecule has 0 spiro atoms. The van der Waals surface area contributed by atoms with Crippen molar-refractivity contribution in [2.75, 3.05) is 0 Å². The monoisotopic (exact) mass is 346 g/mol. The van der Waals surface area contributed by atoms with E-state index in [-0.39, 0.29) is 0 Å². The van der Waals surface area contributed by atoms with Crippen molar-refractivity contribution in [3.63, 3.8) is 0 Å². The predicted octanol–water partition coefficient (Wildman–Crippen LogP) is 3.77. The van der Waals surface area contributed by atoms with Crippen LogP contribution in [0.5, 0.6) is 0 Å². The quantitative estimate of drug-likeness (QED) is 0.485. The van der Waals surface area contributed by atoms with Gasteiger partial charge in [-0.1, -0.05) is 0 Å². The molecule has 2 aromatic carbocycles. The van der Waals surface area contributed by atoms with E-state index in [0.717, 1.165) is 0 Å². The molecule has 2 heterocycles. The Morgan fingerprint density at radius 1 is 0.632 bits per heavy atom. The van der Waals surface area contributed by atoms with Crippen LogP contribution in [0.1, 0.15) is 0 Å². The van der Waals surface area contributed by atoms with E-state index < -0.39 is 0 Å². The minimum absolute atomic E-state index is 0.438. The summed E-state index contributed by atoms with van der Waals surface area (Å²) in [6.07, 6.45) is 0. The molecule has 19 heavy (non-hydrogen) atoms. The van der Waals surface area contributed by atoms with E-state index in [1.165, 1.54) is 27.7 Å². The van der Waals surface area contributed by atoms with Crippen LogP contribution in [-0.2, 0) is 0 Å². The van der Waals surface area contributed by atoms with Gasteiger partial charge in [0.15, 0.2) is 0 Å². The summed E-state index contributed by atoms with van der Waals surface area (Å²) in [4.78, 5) is 0. The van der Waals surface area contributed by atoms with Gasteiger partial charge in [0.05, 0.1) is 0 Å². The van der Waals surface area contributed by atoms with Gasteiger partial charge in [0.2, 0.25) is 0 Å². The molecule has 0 fully saturated rings. The maximum atomic E-state index is 2.35. The fourth-order valence-electron chi connectivity index (χ4n) is 2.11. The summed E-state index contributed by atoms with van der Waals surface area (Å²) < 4.78 is 5.83. The first-order valence-corrected chi connectivity index (χ1v) is 9.38. The van der Waals surface area contributed by atoms with E-state index in [1.54, 1.807) is 0 Å². The predicted molar refractivity (Wildman–Crippen MR) is 88.7 cm³/mol. The topological polar surface area (TPSA) is 0 Å². The second-order valence-electron chi connectivity index (χ2n) is 4.31. The van der Waals surface area contributed by atoms with Crippen molar-refractivity contribution in [2.24, 2.45) is 0 Å². The minimum atomic E-state index is 0.438. The van der Waals surface area contributed by atoms with Gasteiger partial charge in [0.25, 0.3) is 0 Å². The van der Waals surface area contributed by atoms with Crippen LogP contribution in [0.25, 0.3) is 20.2 Å². The molecular weight excluding hydrogens is 335 g/mol. The molecule has 0 saturated carbocycles. The molecule has 4 aromatic rings. The SMILES string of the molecule is c1ccc2sc([Se]c3cc4ccccc4s3)cc2c1. The van der Waals surface area contributed by atoms with E-state index >= 15 is 0 Å². The van der Waals surface area contributed by atoms with Crippen LogP contribution in [0.15, 0.2) is 60.7 Å². The molecule has 0 unspecified atom stereocenters. The summed E-state index contributed by atoms with van der Waals surface area (Å²) in [7, 11) is 0. The van der Waals surface area contributed by atoms with Gasteiger partial charge in [-0.25, -0.2) is 0 Å².